The maximum Gasteiger partial charge on any atom is 0.301 e. The predicted molar refractivity (Wildman–Crippen MR) is 48.6 cm³/mol. The molecule has 0 N–H and O–H groups in total. The zero-order valence-electron chi connectivity index (χ0n) is 7.81. The highest BCUT2D eigenvalue weighted by atomic mass is 16.6. The Bertz CT molecular complexity index is 576. The van der Waals surface area contributed by atoms with Crippen LogP contribution in [-0.2, 0) is 0 Å². The van der Waals surface area contributed by atoms with Gasteiger partial charge in [-0.25, -0.2) is 4.63 Å². The van der Waals surface area contributed by atoms with Gasteiger partial charge in [0.15, 0.2) is 0 Å². The highest BCUT2D eigenvalue weighted by Gasteiger charge is 2.14. The van der Waals surface area contributed by atoms with Crippen molar-refractivity contribution in [3.63, 3.8) is 0 Å². The van der Waals surface area contributed by atoms with Gasteiger partial charge in [0.05, 0.1) is 5.27 Å². The van der Waals surface area contributed by atoms with Crippen LogP contribution >= 0.6 is 0 Å². The fourth-order valence-electron chi connectivity index (χ4n) is 1.14. The van der Waals surface area contributed by atoms with Gasteiger partial charge in [0.2, 0.25) is 5.82 Å². The second-order valence-electron chi connectivity index (χ2n) is 2.84. The summed E-state index contributed by atoms with van der Waals surface area (Å²) in [4.78, 5) is 8.03. The zero-order chi connectivity index (χ0) is 10.8. The molecule has 0 aromatic carbocycles. The topological polar surface area (TPSA) is 104 Å². The number of pyridine rings is 1. The molecule has 0 amide bonds. The molecule has 78 valence electrons. The molecule has 0 bridgehead atoms. The molecule has 0 saturated heterocycles. The van der Waals surface area contributed by atoms with Crippen molar-refractivity contribution in [3.05, 3.63) is 24.5 Å². The van der Waals surface area contributed by atoms with Crippen LogP contribution in [0.2, 0.25) is 0 Å². The summed E-state index contributed by atoms with van der Waals surface area (Å²) < 4.78 is 9.28. The normalized spacial score (nSPS) is 10.5. The molecule has 0 fully saturated rings. The summed E-state index contributed by atoms with van der Waals surface area (Å²) in [6.45, 7) is 0. The minimum Gasteiger partial charge on any atom is -0.330 e. The molecule has 8 nitrogen and oxygen atoms in total. The van der Waals surface area contributed by atoms with E-state index in [0.717, 1.165) is 5.56 Å². The van der Waals surface area contributed by atoms with Gasteiger partial charge in [0.25, 0.3) is 5.82 Å². The maximum atomic E-state index is 4.95. The van der Waals surface area contributed by atoms with E-state index in [1.54, 1.807) is 18.5 Å². The molecule has 0 unspecified atom stereocenters. The summed E-state index contributed by atoms with van der Waals surface area (Å²) in [6.07, 6.45) is 3.29. The Morgan fingerprint density at radius 2 is 2.12 bits per heavy atom. The van der Waals surface area contributed by atoms with Crippen LogP contribution in [0.1, 0.15) is 0 Å². The van der Waals surface area contributed by atoms with Crippen molar-refractivity contribution < 1.29 is 9.15 Å². The summed E-state index contributed by atoms with van der Waals surface area (Å²) in [7, 11) is 0. The van der Waals surface area contributed by atoms with Gasteiger partial charge < -0.3 is 4.52 Å². The van der Waals surface area contributed by atoms with Gasteiger partial charge in [-0.2, -0.15) is 4.98 Å². The standard InChI is InChI=1S/C8H4N6O2/c1-2-5(4-9-3-1)6-10-8(15-12-6)7-11-14-16-13-7/h1-4H. The molecule has 8 heteroatoms. The van der Waals surface area contributed by atoms with Crippen molar-refractivity contribution in [3.8, 4) is 23.1 Å². The molecule has 3 heterocycles. The van der Waals surface area contributed by atoms with E-state index in [4.69, 9.17) is 4.52 Å². The van der Waals surface area contributed by atoms with E-state index in [0.29, 0.717) is 5.82 Å². The van der Waals surface area contributed by atoms with Crippen LogP contribution in [0.3, 0.4) is 0 Å². The monoisotopic (exact) mass is 216 g/mol. The SMILES string of the molecule is c1cncc(-c2noc(-c3nnon3)n2)c1. The number of hydrogen-bond acceptors (Lipinski definition) is 8. The zero-order valence-corrected chi connectivity index (χ0v) is 7.81. The summed E-state index contributed by atoms with van der Waals surface area (Å²) >= 11 is 0. The molecule has 0 atom stereocenters. The summed E-state index contributed by atoms with van der Waals surface area (Å²) in [6, 6.07) is 3.59. The molecule has 0 aliphatic carbocycles. The molecule has 16 heavy (non-hydrogen) atoms. The van der Waals surface area contributed by atoms with E-state index in [-0.39, 0.29) is 11.7 Å². The Hall–Kier alpha value is -2.64. The first-order valence-electron chi connectivity index (χ1n) is 4.33. The Labute approximate surface area is 88.3 Å². The summed E-state index contributed by atoms with van der Waals surface area (Å²) in [5.74, 6) is 0.718. The van der Waals surface area contributed by atoms with E-state index in [1.165, 1.54) is 0 Å². The van der Waals surface area contributed by atoms with E-state index >= 15 is 0 Å². The summed E-state index contributed by atoms with van der Waals surface area (Å²) in [5, 5.41) is 14.0. The Morgan fingerprint density at radius 3 is 2.88 bits per heavy atom. The molecule has 0 aliphatic heterocycles. The van der Waals surface area contributed by atoms with Gasteiger partial charge in [0, 0.05) is 18.0 Å². The molecular weight excluding hydrogens is 212 g/mol. The molecule has 3 aromatic heterocycles. The third kappa shape index (κ3) is 1.41. The molecule has 0 saturated carbocycles. The van der Waals surface area contributed by atoms with Crippen LogP contribution in [0, 0.1) is 0 Å². The van der Waals surface area contributed by atoms with Crippen LogP contribution in [-0.4, -0.2) is 30.7 Å². The highest BCUT2D eigenvalue weighted by Crippen LogP contribution is 2.17. The number of rotatable bonds is 2. The van der Waals surface area contributed by atoms with Crippen molar-refractivity contribution in [2.75, 3.05) is 0 Å². The Kier molecular flexibility index (Phi) is 1.89. The highest BCUT2D eigenvalue weighted by molar-refractivity contribution is 5.54. The molecular formula is C8H4N6O2. The number of aromatic nitrogens is 6. The van der Waals surface area contributed by atoms with Gasteiger partial charge in [-0.1, -0.05) is 10.3 Å². The van der Waals surface area contributed by atoms with Crippen molar-refractivity contribution in [2.45, 2.75) is 0 Å². The largest absolute Gasteiger partial charge is 0.330 e. The average Bonchev–Trinajstić information content (AvgIpc) is 3.01. The Morgan fingerprint density at radius 1 is 1.12 bits per heavy atom. The average molecular weight is 216 g/mol. The lowest BCUT2D eigenvalue weighted by molar-refractivity contribution is 0.292. The third-order valence-electron chi connectivity index (χ3n) is 1.84. The molecule has 3 rings (SSSR count). The van der Waals surface area contributed by atoms with Crippen LogP contribution in [0.15, 0.2) is 33.7 Å². The van der Waals surface area contributed by atoms with E-state index in [9.17, 15) is 0 Å². The van der Waals surface area contributed by atoms with Crippen LogP contribution in [0.5, 0.6) is 0 Å². The lowest BCUT2D eigenvalue weighted by atomic mass is 10.3. The smallest absolute Gasteiger partial charge is 0.301 e. The minimum atomic E-state index is 0.153. The third-order valence-corrected chi connectivity index (χ3v) is 1.84. The Balaban J connectivity index is 2.00. The molecule has 0 spiro atoms. The molecule has 3 aromatic rings. The van der Waals surface area contributed by atoms with Crippen LogP contribution < -0.4 is 0 Å². The number of hydrogen-bond donors (Lipinski definition) is 0. The minimum absolute atomic E-state index is 0.153. The van der Waals surface area contributed by atoms with Gasteiger partial charge in [-0.3, -0.25) is 4.98 Å². The second kappa shape index (κ2) is 3.50. The van der Waals surface area contributed by atoms with Crippen molar-refractivity contribution >= 4 is 0 Å². The van der Waals surface area contributed by atoms with Crippen molar-refractivity contribution in [2.24, 2.45) is 0 Å². The quantitative estimate of drug-likeness (QED) is 0.612. The lowest BCUT2D eigenvalue weighted by Crippen LogP contribution is -1.83. The van der Waals surface area contributed by atoms with Crippen LogP contribution in [0.4, 0.5) is 0 Å². The first-order chi connectivity index (χ1) is 7.93. The van der Waals surface area contributed by atoms with E-state index < -0.39 is 0 Å². The molecule has 0 aliphatic rings. The van der Waals surface area contributed by atoms with Gasteiger partial charge in [0.1, 0.15) is 0 Å². The van der Waals surface area contributed by atoms with Crippen LogP contribution in [0.25, 0.3) is 23.1 Å². The van der Waals surface area contributed by atoms with E-state index in [2.05, 4.69) is 35.3 Å². The van der Waals surface area contributed by atoms with Gasteiger partial charge in [-0.05, 0) is 17.3 Å². The van der Waals surface area contributed by atoms with Gasteiger partial charge in [-0.15, -0.1) is 0 Å². The second-order valence-corrected chi connectivity index (χ2v) is 2.84. The van der Waals surface area contributed by atoms with Crippen molar-refractivity contribution in [1.29, 1.82) is 0 Å². The van der Waals surface area contributed by atoms with E-state index in [1.807, 2.05) is 6.07 Å². The van der Waals surface area contributed by atoms with Gasteiger partial charge >= 0.3 is 5.89 Å². The maximum absolute atomic E-state index is 4.95. The first-order valence-corrected chi connectivity index (χ1v) is 4.33. The first kappa shape index (κ1) is 8.65. The predicted octanol–water partition coefficient (Wildman–Crippen LogP) is 0.577. The fraction of sp³-hybridized carbons (Fsp3) is 0. The number of nitrogens with zero attached hydrogens (tertiary/aromatic N) is 6. The van der Waals surface area contributed by atoms with Crippen molar-refractivity contribution in [1.82, 2.24) is 30.7 Å². The molecule has 0 radical (unpaired) electrons. The lowest BCUT2D eigenvalue weighted by Gasteiger charge is -1.89. The summed E-state index contributed by atoms with van der Waals surface area (Å²) in [5.41, 5.74) is 0.744. The fourth-order valence-corrected chi connectivity index (χ4v) is 1.14.